The van der Waals surface area contributed by atoms with Crippen molar-refractivity contribution in [2.45, 2.75) is 20.0 Å². The molecule has 4 aromatic rings. The van der Waals surface area contributed by atoms with Crippen LogP contribution < -0.4 is 10.1 Å². The number of hydrogen-bond acceptors (Lipinski definition) is 5. The van der Waals surface area contributed by atoms with Crippen LogP contribution in [0.2, 0.25) is 0 Å². The maximum absolute atomic E-state index is 12.6. The summed E-state index contributed by atoms with van der Waals surface area (Å²) in [6, 6.07) is 20.1. The first-order valence-electron chi connectivity index (χ1n) is 10.2. The lowest BCUT2D eigenvalue weighted by atomic mass is 10.1. The van der Waals surface area contributed by atoms with E-state index in [4.69, 9.17) is 9.47 Å². The summed E-state index contributed by atoms with van der Waals surface area (Å²) in [5.74, 6) is 0.191. The number of benzene rings is 3. The maximum Gasteiger partial charge on any atom is 0.338 e. The summed E-state index contributed by atoms with van der Waals surface area (Å²) in [4.78, 5) is 32.9. The molecule has 1 unspecified atom stereocenters. The number of fused-ring (bicyclic) bond motifs is 1. The molecule has 7 heteroatoms. The number of nitrogens with zero attached hydrogens (tertiary/aromatic N) is 1. The number of aromatic nitrogens is 2. The van der Waals surface area contributed by atoms with Gasteiger partial charge in [-0.1, -0.05) is 42.0 Å². The molecule has 0 aliphatic rings. The second-order valence-electron chi connectivity index (χ2n) is 7.42. The number of esters is 1. The summed E-state index contributed by atoms with van der Waals surface area (Å²) < 4.78 is 10.6. The van der Waals surface area contributed by atoms with E-state index in [0.29, 0.717) is 22.5 Å². The molecule has 0 radical (unpaired) electrons. The Morgan fingerprint density at radius 1 is 1.03 bits per heavy atom. The molecule has 2 N–H and O–H groups in total. The molecule has 162 valence electrons. The third-order valence-corrected chi connectivity index (χ3v) is 5.06. The van der Waals surface area contributed by atoms with E-state index in [0.717, 1.165) is 16.9 Å². The predicted molar refractivity (Wildman–Crippen MR) is 123 cm³/mol. The first-order chi connectivity index (χ1) is 15.4. The van der Waals surface area contributed by atoms with Crippen LogP contribution in [-0.4, -0.2) is 35.1 Å². The van der Waals surface area contributed by atoms with Crippen LogP contribution in [0.5, 0.6) is 5.75 Å². The smallest absolute Gasteiger partial charge is 0.338 e. The van der Waals surface area contributed by atoms with Gasteiger partial charge in [0.05, 0.1) is 29.4 Å². The number of rotatable bonds is 6. The Hall–Kier alpha value is -4.13. The van der Waals surface area contributed by atoms with Crippen molar-refractivity contribution in [3.8, 4) is 17.1 Å². The van der Waals surface area contributed by atoms with Gasteiger partial charge in [-0.3, -0.25) is 4.79 Å². The van der Waals surface area contributed by atoms with Gasteiger partial charge in [-0.15, -0.1) is 0 Å². The minimum absolute atomic E-state index is 0.327. The summed E-state index contributed by atoms with van der Waals surface area (Å²) in [5.41, 5.74) is 4.40. The molecule has 0 saturated heterocycles. The normalized spacial score (nSPS) is 11.7. The van der Waals surface area contributed by atoms with E-state index in [1.165, 1.54) is 19.6 Å². The Morgan fingerprint density at radius 2 is 1.78 bits per heavy atom. The number of carbonyl (C=O) groups excluding carboxylic acids is 2. The van der Waals surface area contributed by atoms with Crippen LogP contribution in [0, 0.1) is 6.92 Å². The van der Waals surface area contributed by atoms with Gasteiger partial charge in [-0.05, 0) is 44.2 Å². The van der Waals surface area contributed by atoms with Gasteiger partial charge in [-0.2, -0.15) is 0 Å². The SMILES string of the molecule is COc1ccccc1NC(=O)C(C)OC(=O)c1ccc2nc(-c3ccc(C)cc3)[nH]c2c1. The van der Waals surface area contributed by atoms with E-state index in [1.54, 1.807) is 42.5 Å². The molecule has 1 atom stereocenters. The average Bonchev–Trinajstić information content (AvgIpc) is 3.23. The fourth-order valence-electron chi connectivity index (χ4n) is 3.25. The summed E-state index contributed by atoms with van der Waals surface area (Å²) in [6.07, 6.45) is -0.993. The first-order valence-corrected chi connectivity index (χ1v) is 10.2. The number of aryl methyl sites for hydroxylation is 1. The number of hydrogen-bond donors (Lipinski definition) is 2. The maximum atomic E-state index is 12.6. The van der Waals surface area contributed by atoms with Crippen molar-refractivity contribution in [2.75, 3.05) is 12.4 Å². The molecular weight excluding hydrogens is 406 g/mol. The molecule has 0 aliphatic carbocycles. The number of carbonyl (C=O) groups is 2. The van der Waals surface area contributed by atoms with Gasteiger partial charge in [0.2, 0.25) is 0 Å². The Morgan fingerprint density at radius 3 is 2.53 bits per heavy atom. The predicted octanol–water partition coefficient (Wildman–Crippen LogP) is 4.73. The van der Waals surface area contributed by atoms with Crippen molar-refractivity contribution < 1.29 is 19.1 Å². The van der Waals surface area contributed by atoms with Crippen LogP contribution in [0.25, 0.3) is 22.4 Å². The highest BCUT2D eigenvalue weighted by Crippen LogP contribution is 2.24. The summed E-state index contributed by atoms with van der Waals surface area (Å²) in [7, 11) is 1.52. The standard InChI is InChI=1S/C25H23N3O4/c1-15-8-10-17(11-9-15)23-26-19-13-12-18(14-21(19)27-23)25(30)32-16(2)24(29)28-20-6-4-5-7-22(20)31-3/h4-14,16H,1-3H3,(H,26,27)(H,28,29). The largest absolute Gasteiger partial charge is 0.495 e. The lowest BCUT2D eigenvalue weighted by Crippen LogP contribution is -2.30. The third-order valence-electron chi connectivity index (χ3n) is 5.06. The van der Waals surface area contributed by atoms with Gasteiger partial charge in [0.15, 0.2) is 6.10 Å². The minimum Gasteiger partial charge on any atom is -0.495 e. The molecular formula is C25H23N3O4. The zero-order valence-electron chi connectivity index (χ0n) is 18.0. The Balaban J connectivity index is 1.47. The number of anilines is 1. The van der Waals surface area contributed by atoms with Crippen LogP contribution in [0.1, 0.15) is 22.8 Å². The number of H-pyrrole nitrogens is 1. The monoisotopic (exact) mass is 429 g/mol. The molecule has 1 heterocycles. The lowest BCUT2D eigenvalue weighted by Gasteiger charge is -2.15. The Kier molecular flexibility index (Phi) is 5.89. The van der Waals surface area contributed by atoms with Crippen molar-refractivity contribution >= 4 is 28.6 Å². The van der Waals surface area contributed by atoms with Crippen molar-refractivity contribution in [2.24, 2.45) is 0 Å². The van der Waals surface area contributed by atoms with Gasteiger partial charge in [0.25, 0.3) is 5.91 Å². The fraction of sp³-hybridized carbons (Fsp3) is 0.160. The number of amides is 1. The highest BCUT2D eigenvalue weighted by atomic mass is 16.5. The topological polar surface area (TPSA) is 93.3 Å². The van der Waals surface area contributed by atoms with E-state index in [2.05, 4.69) is 15.3 Å². The van der Waals surface area contributed by atoms with Crippen LogP contribution in [0.15, 0.2) is 66.7 Å². The van der Waals surface area contributed by atoms with E-state index in [-0.39, 0.29) is 0 Å². The summed E-state index contributed by atoms with van der Waals surface area (Å²) in [6.45, 7) is 3.55. The van der Waals surface area contributed by atoms with Crippen LogP contribution in [-0.2, 0) is 9.53 Å². The molecule has 32 heavy (non-hydrogen) atoms. The van der Waals surface area contributed by atoms with Gasteiger partial charge in [0, 0.05) is 5.56 Å². The van der Waals surface area contributed by atoms with Gasteiger partial charge >= 0.3 is 5.97 Å². The Bertz CT molecular complexity index is 1280. The third kappa shape index (κ3) is 4.46. The fourth-order valence-corrected chi connectivity index (χ4v) is 3.25. The minimum atomic E-state index is -0.993. The summed E-state index contributed by atoms with van der Waals surface area (Å²) in [5, 5.41) is 2.72. The van der Waals surface area contributed by atoms with Crippen molar-refractivity contribution in [1.29, 1.82) is 0 Å². The van der Waals surface area contributed by atoms with Gasteiger partial charge in [-0.25, -0.2) is 9.78 Å². The van der Waals surface area contributed by atoms with Crippen molar-refractivity contribution in [3.05, 3.63) is 77.9 Å². The zero-order valence-corrected chi connectivity index (χ0v) is 18.0. The van der Waals surface area contributed by atoms with Crippen LogP contribution >= 0.6 is 0 Å². The molecule has 1 aromatic heterocycles. The highest BCUT2D eigenvalue weighted by molar-refractivity contribution is 5.99. The quantitative estimate of drug-likeness (QED) is 0.432. The molecule has 0 bridgehead atoms. The van der Waals surface area contributed by atoms with Gasteiger partial charge in [0.1, 0.15) is 11.6 Å². The molecule has 7 nitrogen and oxygen atoms in total. The Labute approximate surface area is 185 Å². The lowest BCUT2D eigenvalue weighted by molar-refractivity contribution is -0.123. The number of para-hydroxylation sites is 2. The molecule has 4 rings (SSSR count). The van der Waals surface area contributed by atoms with Crippen LogP contribution in [0.4, 0.5) is 5.69 Å². The van der Waals surface area contributed by atoms with E-state index >= 15 is 0 Å². The molecule has 0 spiro atoms. The second-order valence-corrected chi connectivity index (χ2v) is 7.42. The highest BCUT2D eigenvalue weighted by Gasteiger charge is 2.20. The van der Waals surface area contributed by atoms with Crippen LogP contribution in [0.3, 0.4) is 0 Å². The molecule has 0 aliphatic heterocycles. The number of ether oxygens (including phenoxy) is 2. The second kappa shape index (κ2) is 8.93. The number of aromatic amines is 1. The van der Waals surface area contributed by atoms with Gasteiger partial charge < -0.3 is 19.8 Å². The number of imidazole rings is 1. The van der Waals surface area contributed by atoms with Crippen molar-refractivity contribution in [1.82, 2.24) is 9.97 Å². The average molecular weight is 429 g/mol. The molecule has 3 aromatic carbocycles. The first kappa shape index (κ1) is 21.1. The molecule has 1 amide bonds. The molecule has 0 fully saturated rings. The van der Waals surface area contributed by atoms with E-state index < -0.39 is 18.0 Å². The summed E-state index contributed by atoms with van der Waals surface area (Å²) >= 11 is 0. The molecule has 0 saturated carbocycles. The number of methoxy groups -OCH3 is 1. The van der Waals surface area contributed by atoms with E-state index in [1.807, 2.05) is 31.2 Å². The number of nitrogens with one attached hydrogen (secondary N) is 2. The zero-order chi connectivity index (χ0) is 22.7. The van der Waals surface area contributed by atoms with Crippen molar-refractivity contribution in [3.63, 3.8) is 0 Å². The van der Waals surface area contributed by atoms with E-state index in [9.17, 15) is 9.59 Å².